The van der Waals surface area contributed by atoms with Crippen molar-refractivity contribution in [2.75, 3.05) is 13.2 Å². The monoisotopic (exact) mass is 252 g/mol. The van der Waals surface area contributed by atoms with Gasteiger partial charge in [0.25, 0.3) is 0 Å². The summed E-state index contributed by atoms with van der Waals surface area (Å²) >= 11 is 0. The van der Waals surface area contributed by atoms with Crippen LogP contribution in [0.3, 0.4) is 0 Å². The molecule has 1 aliphatic carbocycles. The van der Waals surface area contributed by atoms with Crippen LogP contribution in [0.25, 0.3) is 0 Å². The Labute approximate surface area is 112 Å². The van der Waals surface area contributed by atoms with Gasteiger partial charge in [-0.25, -0.2) is 0 Å². The summed E-state index contributed by atoms with van der Waals surface area (Å²) in [6.45, 7) is 6.25. The Morgan fingerprint density at radius 2 is 1.94 bits per heavy atom. The molecule has 0 spiro atoms. The highest BCUT2D eigenvalue weighted by atomic mass is 16.7. The zero-order valence-electron chi connectivity index (χ0n) is 12.0. The molecule has 18 heavy (non-hydrogen) atoms. The minimum absolute atomic E-state index is 0.0563. The highest BCUT2D eigenvalue weighted by Crippen LogP contribution is 2.31. The Morgan fingerprint density at radius 3 is 2.56 bits per heavy atom. The van der Waals surface area contributed by atoms with Crippen LogP contribution in [-0.4, -0.2) is 19.5 Å². The van der Waals surface area contributed by atoms with Gasteiger partial charge >= 0.3 is 0 Å². The number of hydrogen-bond donors (Lipinski definition) is 0. The van der Waals surface area contributed by atoms with Gasteiger partial charge in [0.15, 0.2) is 6.29 Å². The summed E-state index contributed by atoms with van der Waals surface area (Å²) in [5.41, 5.74) is 0.249. The molecular weight excluding hydrogens is 224 g/mol. The van der Waals surface area contributed by atoms with Gasteiger partial charge in [0.05, 0.1) is 13.2 Å². The largest absolute Gasteiger partial charge is 0.352 e. The Kier molecular flexibility index (Phi) is 5.25. The molecule has 0 N–H and O–H groups in total. The molecule has 1 unspecified atom stereocenters. The normalized spacial score (nSPS) is 36.8. The van der Waals surface area contributed by atoms with E-state index < -0.39 is 0 Å². The molecule has 0 bridgehead atoms. The summed E-state index contributed by atoms with van der Waals surface area (Å²) in [6, 6.07) is 0. The lowest BCUT2D eigenvalue weighted by Gasteiger charge is -2.37. The van der Waals surface area contributed by atoms with Crippen LogP contribution in [0.2, 0.25) is 0 Å². The van der Waals surface area contributed by atoms with Crippen molar-refractivity contribution in [1.29, 1.82) is 0 Å². The van der Waals surface area contributed by atoms with Gasteiger partial charge in [0.2, 0.25) is 0 Å². The van der Waals surface area contributed by atoms with Crippen molar-refractivity contribution in [3.8, 4) is 0 Å². The maximum Gasteiger partial charge on any atom is 0.157 e. The number of hydrogen-bond acceptors (Lipinski definition) is 2. The number of ether oxygens (including phenoxy) is 2. The molecule has 0 aromatic heterocycles. The summed E-state index contributed by atoms with van der Waals surface area (Å²) < 4.78 is 11.8. The topological polar surface area (TPSA) is 18.5 Å². The van der Waals surface area contributed by atoms with E-state index in [4.69, 9.17) is 9.47 Å². The van der Waals surface area contributed by atoms with Gasteiger partial charge in [-0.2, -0.15) is 0 Å². The predicted molar refractivity (Wildman–Crippen MR) is 74.4 cm³/mol. The second-order valence-corrected chi connectivity index (χ2v) is 6.34. The lowest BCUT2D eigenvalue weighted by molar-refractivity contribution is -0.230. The Balaban J connectivity index is 1.65. The van der Waals surface area contributed by atoms with Crippen molar-refractivity contribution in [2.45, 2.75) is 65.1 Å². The highest BCUT2D eigenvalue weighted by molar-refractivity contribution is 4.90. The van der Waals surface area contributed by atoms with Crippen molar-refractivity contribution in [3.05, 3.63) is 12.2 Å². The van der Waals surface area contributed by atoms with Crippen LogP contribution in [0.15, 0.2) is 12.2 Å². The lowest BCUT2D eigenvalue weighted by Crippen LogP contribution is -2.39. The first-order chi connectivity index (χ1) is 8.72. The third kappa shape index (κ3) is 4.10. The smallest absolute Gasteiger partial charge is 0.157 e. The molecule has 1 aliphatic heterocycles. The molecule has 2 aliphatic rings. The number of allylic oxidation sites excluding steroid dienone is 2. The van der Waals surface area contributed by atoms with Gasteiger partial charge < -0.3 is 9.47 Å². The predicted octanol–water partition coefficient (Wildman–Crippen LogP) is 4.30. The van der Waals surface area contributed by atoms with Crippen LogP contribution in [0.1, 0.15) is 58.8 Å². The Hall–Kier alpha value is -0.340. The molecule has 1 atom stereocenters. The van der Waals surface area contributed by atoms with Crippen LogP contribution in [0.5, 0.6) is 0 Å². The van der Waals surface area contributed by atoms with Crippen LogP contribution in [0, 0.1) is 11.3 Å². The van der Waals surface area contributed by atoms with Crippen molar-refractivity contribution < 1.29 is 9.47 Å². The molecule has 0 aromatic carbocycles. The van der Waals surface area contributed by atoms with E-state index in [1.807, 2.05) is 0 Å². The lowest BCUT2D eigenvalue weighted by atomic mass is 9.86. The standard InChI is InChI=1S/C16H28O2/c1-3-11-16(2)12-17-15(18-13-16)10-9-14-7-5-4-6-8-14/h4-5,14-15H,3,6-13H2,1-2H3. The maximum absolute atomic E-state index is 5.90. The molecule has 2 rings (SSSR count). The Bertz CT molecular complexity index is 264. The molecule has 0 amide bonds. The minimum Gasteiger partial charge on any atom is -0.352 e. The summed E-state index contributed by atoms with van der Waals surface area (Å²) in [5.74, 6) is 0.853. The van der Waals surface area contributed by atoms with E-state index in [0.717, 1.165) is 25.6 Å². The van der Waals surface area contributed by atoms with Crippen LogP contribution >= 0.6 is 0 Å². The van der Waals surface area contributed by atoms with Crippen molar-refractivity contribution >= 4 is 0 Å². The second-order valence-electron chi connectivity index (χ2n) is 6.34. The molecule has 2 heteroatoms. The molecule has 1 fully saturated rings. The zero-order chi connectivity index (χ0) is 12.8. The van der Waals surface area contributed by atoms with E-state index in [1.165, 1.54) is 38.5 Å². The van der Waals surface area contributed by atoms with E-state index in [2.05, 4.69) is 26.0 Å². The molecule has 0 radical (unpaired) electrons. The fourth-order valence-corrected chi connectivity index (χ4v) is 3.08. The second kappa shape index (κ2) is 6.72. The van der Waals surface area contributed by atoms with Gasteiger partial charge in [0, 0.05) is 5.41 Å². The quantitative estimate of drug-likeness (QED) is 0.679. The van der Waals surface area contributed by atoms with E-state index in [1.54, 1.807) is 0 Å². The first-order valence-electron chi connectivity index (χ1n) is 7.60. The summed E-state index contributed by atoms with van der Waals surface area (Å²) in [6.07, 6.45) is 13.3. The fourth-order valence-electron chi connectivity index (χ4n) is 3.08. The first kappa shape index (κ1) is 14.1. The van der Waals surface area contributed by atoms with Gasteiger partial charge in [-0.1, -0.05) is 32.4 Å². The van der Waals surface area contributed by atoms with E-state index in [-0.39, 0.29) is 11.7 Å². The molecular formula is C16H28O2. The molecule has 2 nitrogen and oxygen atoms in total. The van der Waals surface area contributed by atoms with E-state index in [9.17, 15) is 0 Å². The third-order valence-corrected chi connectivity index (χ3v) is 4.28. The summed E-state index contributed by atoms with van der Waals surface area (Å²) in [4.78, 5) is 0. The van der Waals surface area contributed by atoms with Crippen molar-refractivity contribution in [3.63, 3.8) is 0 Å². The summed E-state index contributed by atoms with van der Waals surface area (Å²) in [7, 11) is 0. The van der Waals surface area contributed by atoms with Crippen LogP contribution in [-0.2, 0) is 9.47 Å². The molecule has 104 valence electrons. The van der Waals surface area contributed by atoms with Crippen molar-refractivity contribution in [2.24, 2.45) is 11.3 Å². The van der Waals surface area contributed by atoms with Crippen LogP contribution < -0.4 is 0 Å². The van der Waals surface area contributed by atoms with Crippen LogP contribution in [0.4, 0.5) is 0 Å². The first-order valence-corrected chi connectivity index (χ1v) is 7.60. The SMILES string of the molecule is CCCC1(C)COC(CCC2CC=CCC2)OC1. The van der Waals surface area contributed by atoms with Gasteiger partial charge in [0.1, 0.15) is 0 Å². The van der Waals surface area contributed by atoms with Crippen molar-refractivity contribution in [1.82, 2.24) is 0 Å². The zero-order valence-corrected chi connectivity index (χ0v) is 12.0. The molecule has 0 saturated carbocycles. The average Bonchev–Trinajstić information content (AvgIpc) is 2.40. The third-order valence-electron chi connectivity index (χ3n) is 4.28. The van der Waals surface area contributed by atoms with E-state index >= 15 is 0 Å². The van der Waals surface area contributed by atoms with Gasteiger partial charge in [-0.15, -0.1) is 0 Å². The summed E-state index contributed by atoms with van der Waals surface area (Å²) in [5, 5.41) is 0. The Morgan fingerprint density at radius 1 is 1.17 bits per heavy atom. The molecule has 1 saturated heterocycles. The number of rotatable bonds is 5. The minimum atomic E-state index is 0.0563. The fraction of sp³-hybridized carbons (Fsp3) is 0.875. The van der Waals surface area contributed by atoms with E-state index in [0.29, 0.717) is 0 Å². The van der Waals surface area contributed by atoms with Gasteiger partial charge in [-0.3, -0.25) is 0 Å². The highest BCUT2D eigenvalue weighted by Gasteiger charge is 2.31. The molecule has 1 heterocycles. The molecule has 0 aromatic rings. The maximum atomic E-state index is 5.90. The average molecular weight is 252 g/mol. The van der Waals surface area contributed by atoms with Gasteiger partial charge in [-0.05, 0) is 44.4 Å².